The van der Waals surface area contributed by atoms with Gasteiger partial charge in [-0.25, -0.2) is 0 Å². The number of hydrogen-bond donors (Lipinski definition) is 0. The van der Waals surface area contributed by atoms with Gasteiger partial charge in [-0.1, -0.05) is 0 Å². The van der Waals surface area contributed by atoms with Crippen LogP contribution in [0.5, 0.6) is 0 Å². The zero-order valence-electron chi connectivity index (χ0n) is 30.8. The molecular formula is C44H72Cl2P2. The molecule has 4 heteroatoms. The molecule has 0 unspecified atom stereocenters. The van der Waals surface area contributed by atoms with Crippen molar-refractivity contribution in [3.05, 3.63) is 41.7 Å². The maximum absolute atomic E-state index is 9.64. The van der Waals surface area contributed by atoms with Crippen LogP contribution in [0.4, 0.5) is 0 Å². The van der Waals surface area contributed by atoms with E-state index in [1.54, 1.807) is 5.31 Å². The first-order valence-corrected chi connectivity index (χ1v) is 28.5. The molecule has 0 saturated heterocycles. The van der Waals surface area contributed by atoms with E-state index in [2.05, 4.69) is 36.1 Å². The quantitative estimate of drug-likeness (QED) is 0.222. The molecule has 7 rings (SSSR count). The second-order valence-corrected chi connectivity index (χ2v) is 32.8. The number of halogens is 2. The third-order valence-electron chi connectivity index (χ3n) is 16.0. The Morgan fingerprint density at radius 1 is 0.396 bits per heavy atom. The monoisotopic (exact) mass is 732 g/mol. The van der Waals surface area contributed by atoms with Gasteiger partial charge in [0, 0.05) is 0 Å². The van der Waals surface area contributed by atoms with Crippen LogP contribution in [0, 0.1) is 0 Å². The molecule has 0 nitrogen and oxygen atoms in total. The van der Waals surface area contributed by atoms with Crippen LogP contribution < -0.4 is 0 Å². The van der Waals surface area contributed by atoms with Crippen molar-refractivity contribution in [3.8, 4) is 0 Å². The van der Waals surface area contributed by atoms with Crippen molar-refractivity contribution < 1.29 is 0 Å². The summed E-state index contributed by atoms with van der Waals surface area (Å²) in [5.41, 5.74) is 5.75. The minimum absolute atomic E-state index is 0.693. The Labute approximate surface area is 306 Å². The summed E-state index contributed by atoms with van der Waals surface area (Å²) in [6.07, 6.45) is 42.0. The standard InChI is InChI=1S/C44H72Cl2P2/c45-47(38-24-10-2-11-25-38,39-26-12-3-13-27-39,40-28-14-4-15-29-40)36-44(37-22-8-1-9-23-37)48(46,41-30-16-5-17-31-41,42-32-18-6-19-33-42)43-34-20-7-21-35-43/h1,8-9,22-23,36,38-43H,2-7,10-21,24-35H2. The average molecular weight is 734 g/mol. The number of rotatable bonds is 9. The summed E-state index contributed by atoms with van der Waals surface area (Å²) in [5.74, 6) is -2.87. The Kier molecular flexibility index (Phi) is 12.1. The van der Waals surface area contributed by atoms with Crippen molar-refractivity contribution in [2.75, 3.05) is 0 Å². The van der Waals surface area contributed by atoms with Crippen LogP contribution in [0.2, 0.25) is 0 Å². The first-order valence-electron chi connectivity index (χ1n) is 21.7. The summed E-state index contributed by atoms with van der Waals surface area (Å²) in [6, 6.07) is 12.1. The molecule has 6 aliphatic rings. The van der Waals surface area contributed by atoms with Crippen LogP contribution >= 0.6 is 34.4 Å². The molecule has 0 bridgehead atoms. The second-order valence-electron chi connectivity index (χ2n) is 18.1. The van der Waals surface area contributed by atoms with Crippen molar-refractivity contribution in [1.82, 2.24) is 0 Å². The Bertz CT molecular complexity index is 1090. The topological polar surface area (TPSA) is 0 Å². The van der Waals surface area contributed by atoms with Gasteiger partial charge >= 0.3 is 308 Å². The second kappa shape index (κ2) is 15.8. The van der Waals surface area contributed by atoms with Crippen LogP contribution in [0.25, 0.3) is 5.31 Å². The predicted molar refractivity (Wildman–Crippen MR) is 221 cm³/mol. The van der Waals surface area contributed by atoms with Crippen LogP contribution in [0.15, 0.2) is 36.1 Å². The predicted octanol–water partition coefficient (Wildman–Crippen LogP) is 16.4. The molecule has 0 N–H and O–H groups in total. The SMILES string of the molecule is ClP(C=C(c1ccccc1)P(Cl)(C1CCCCC1)(C1CCCCC1)C1CCCCC1)(C1CCCCC1)(C1CCCCC1)C1CCCCC1. The van der Waals surface area contributed by atoms with Crippen molar-refractivity contribution >= 4 is 39.7 Å². The summed E-state index contributed by atoms with van der Waals surface area (Å²) in [6.45, 7) is 0. The zero-order valence-corrected chi connectivity index (χ0v) is 34.1. The van der Waals surface area contributed by atoms with Crippen molar-refractivity contribution in [3.63, 3.8) is 0 Å². The molecule has 6 aliphatic carbocycles. The van der Waals surface area contributed by atoms with Gasteiger partial charge in [-0.3, -0.25) is 0 Å². The van der Waals surface area contributed by atoms with Crippen molar-refractivity contribution in [2.24, 2.45) is 0 Å². The van der Waals surface area contributed by atoms with E-state index in [1.165, 1.54) is 198 Å². The van der Waals surface area contributed by atoms with Gasteiger partial charge in [0.2, 0.25) is 0 Å². The first-order chi connectivity index (χ1) is 23.5. The van der Waals surface area contributed by atoms with E-state index in [9.17, 15) is 22.5 Å². The summed E-state index contributed by atoms with van der Waals surface area (Å²) >= 11 is 19.1. The molecule has 6 fully saturated rings. The van der Waals surface area contributed by atoms with Gasteiger partial charge in [-0.15, -0.1) is 0 Å². The van der Waals surface area contributed by atoms with Gasteiger partial charge in [0.05, 0.1) is 0 Å². The molecule has 48 heavy (non-hydrogen) atoms. The maximum atomic E-state index is 9.64. The van der Waals surface area contributed by atoms with E-state index >= 15 is 0 Å². The number of hydrogen-bond acceptors (Lipinski definition) is 0. The van der Waals surface area contributed by atoms with Gasteiger partial charge in [0.15, 0.2) is 0 Å². The fourth-order valence-corrected chi connectivity index (χ4v) is 35.5. The van der Waals surface area contributed by atoms with Gasteiger partial charge in [0.1, 0.15) is 0 Å². The van der Waals surface area contributed by atoms with Gasteiger partial charge < -0.3 is 0 Å². The fourth-order valence-electron chi connectivity index (χ4n) is 13.7. The third kappa shape index (κ3) is 6.38. The summed E-state index contributed by atoms with van der Waals surface area (Å²) in [4.78, 5) is 0. The first kappa shape index (κ1) is 36.7. The molecule has 0 radical (unpaired) electrons. The van der Waals surface area contributed by atoms with E-state index in [0.717, 1.165) is 0 Å². The Morgan fingerprint density at radius 2 is 0.667 bits per heavy atom. The molecular weight excluding hydrogens is 661 g/mol. The van der Waals surface area contributed by atoms with Gasteiger partial charge in [0.25, 0.3) is 0 Å². The molecule has 0 spiro atoms. The third-order valence-corrected chi connectivity index (χ3v) is 36.4. The van der Waals surface area contributed by atoms with E-state index < -0.39 is 11.9 Å². The molecule has 0 aliphatic heterocycles. The summed E-state index contributed by atoms with van der Waals surface area (Å²) < 4.78 is 0. The van der Waals surface area contributed by atoms with Crippen LogP contribution in [0.1, 0.15) is 198 Å². The van der Waals surface area contributed by atoms with Crippen molar-refractivity contribution in [2.45, 2.75) is 227 Å². The van der Waals surface area contributed by atoms with Crippen molar-refractivity contribution in [1.29, 1.82) is 0 Å². The normalized spacial score (nSPS) is 28.3. The zero-order chi connectivity index (χ0) is 33.0. The molecule has 272 valence electrons. The Balaban J connectivity index is 1.58. The summed E-state index contributed by atoms with van der Waals surface area (Å²) in [7, 11) is 0. The van der Waals surface area contributed by atoms with E-state index in [1.807, 2.05) is 0 Å². The van der Waals surface area contributed by atoms with Gasteiger partial charge in [-0.2, -0.15) is 0 Å². The van der Waals surface area contributed by atoms with Crippen LogP contribution in [-0.4, -0.2) is 34.0 Å². The molecule has 0 atom stereocenters. The summed E-state index contributed by atoms with van der Waals surface area (Å²) in [5, 5.41) is 1.77. The molecule has 0 aromatic heterocycles. The van der Waals surface area contributed by atoms with Gasteiger partial charge in [-0.05, 0) is 0 Å². The molecule has 6 saturated carbocycles. The van der Waals surface area contributed by atoms with E-state index in [4.69, 9.17) is 0 Å². The Hall–Kier alpha value is 0.400. The fraction of sp³-hybridized carbons (Fsp3) is 0.818. The van der Waals surface area contributed by atoms with E-state index in [0.29, 0.717) is 34.0 Å². The minimum atomic E-state index is -3.08. The molecule has 0 amide bonds. The molecule has 1 aromatic carbocycles. The molecule has 1 aromatic rings. The van der Waals surface area contributed by atoms with Crippen LogP contribution in [0.3, 0.4) is 0 Å². The average Bonchev–Trinajstić information content (AvgIpc) is 3.19. The van der Waals surface area contributed by atoms with E-state index in [-0.39, 0.29) is 0 Å². The Morgan fingerprint density at radius 3 is 0.958 bits per heavy atom. The number of benzene rings is 1. The van der Waals surface area contributed by atoms with Crippen LogP contribution in [-0.2, 0) is 0 Å². The molecule has 0 heterocycles.